The third kappa shape index (κ3) is 7.46. The minimum atomic E-state index is -3.76. The Bertz CT molecular complexity index is 1150. The van der Waals surface area contributed by atoms with Crippen LogP contribution in [0.3, 0.4) is 0 Å². The topological polar surface area (TPSA) is 86.8 Å². The maximum Gasteiger partial charge on any atom is 0.244 e. The van der Waals surface area contributed by atoms with Crippen molar-refractivity contribution in [1.29, 1.82) is 0 Å². The Morgan fingerprint density at radius 3 is 2.28 bits per heavy atom. The van der Waals surface area contributed by atoms with Crippen LogP contribution in [0.2, 0.25) is 5.02 Å². The minimum absolute atomic E-state index is 0.0874. The molecule has 3 rings (SSSR count). The van der Waals surface area contributed by atoms with E-state index in [0.29, 0.717) is 16.3 Å². The fraction of sp³-hybridized carbons (Fsp3) is 0.481. The number of hydrogen-bond acceptors (Lipinski definition) is 4. The summed E-state index contributed by atoms with van der Waals surface area (Å²) in [5, 5.41) is 3.56. The Morgan fingerprint density at radius 1 is 1.06 bits per heavy atom. The largest absolute Gasteiger partial charge is 0.352 e. The summed E-state index contributed by atoms with van der Waals surface area (Å²) < 4.78 is 26.4. The first-order valence-corrected chi connectivity index (χ1v) is 14.7. The Labute approximate surface area is 219 Å². The number of carbonyl (C=O) groups excluding carboxylic acids is 2. The van der Waals surface area contributed by atoms with Crippen LogP contribution in [0.5, 0.6) is 0 Å². The van der Waals surface area contributed by atoms with Crippen molar-refractivity contribution >= 4 is 39.1 Å². The SMILES string of the molecule is CCc1ccc(N(CC(=O)N(Cc2ccccc2Cl)C(C)C(=O)NC2CCCCC2)S(C)(=O)=O)cc1. The predicted molar refractivity (Wildman–Crippen MR) is 144 cm³/mol. The zero-order chi connectivity index (χ0) is 26.3. The van der Waals surface area contributed by atoms with Gasteiger partial charge >= 0.3 is 0 Å². The number of rotatable bonds is 10. The third-order valence-electron chi connectivity index (χ3n) is 6.73. The zero-order valence-corrected chi connectivity index (χ0v) is 22.8. The van der Waals surface area contributed by atoms with E-state index in [1.807, 2.05) is 25.1 Å². The van der Waals surface area contributed by atoms with Gasteiger partial charge in [0, 0.05) is 17.6 Å². The second-order valence-corrected chi connectivity index (χ2v) is 11.7. The van der Waals surface area contributed by atoms with E-state index in [-0.39, 0.29) is 18.5 Å². The highest BCUT2D eigenvalue weighted by atomic mass is 35.5. The molecule has 0 aliphatic heterocycles. The van der Waals surface area contributed by atoms with Gasteiger partial charge in [-0.2, -0.15) is 0 Å². The molecule has 1 unspecified atom stereocenters. The first-order chi connectivity index (χ1) is 17.1. The number of carbonyl (C=O) groups is 2. The quantitative estimate of drug-likeness (QED) is 0.486. The number of nitrogens with one attached hydrogen (secondary N) is 1. The summed E-state index contributed by atoms with van der Waals surface area (Å²) in [6.45, 7) is 3.35. The summed E-state index contributed by atoms with van der Waals surface area (Å²) in [5.41, 5.74) is 2.15. The molecular weight excluding hydrogens is 498 g/mol. The molecular formula is C27H36ClN3O4S. The Kier molecular flexibility index (Phi) is 9.79. The van der Waals surface area contributed by atoms with Crippen LogP contribution in [0.25, 0.3) is 0 Å². The van der Waals surface area contributed by atoms with Gasteiger partial charge in [0.1, 0.15) is 12.6 Å². The number of sulfonamides is 1. The van der Waals surface area contributed by atoms with E-state index < -0.39 is 28.5 Å². The van der Waals surface area contributed by atoms with Crippen LogP contribution < -0.4 is 9.62 Å². The van der Waals surface area contributed by atoms with Gasteiger partial charge in [0.25, 0.3) is 0 Å². The summed E-state index contributed by atoms with van der Waals surface area (Å²) >= 11 is 6.37. The highest BCUT2D eigenvalue weighted by Gasteiger charge is 2.31. The second-order valence-electron chi connectivity index (χ2n) is 9.42. The van der Waals surface area contributed by atoms with Gasteiger partial charge in [0.2, 0.25) is 21.8 Å². The molecule has 0 spiro atoms. The molecule has 36 heavy (non-hydrogen) atoms. The Morgan fingerprint density at radius 2 is 1.69 bits per heavy atom. The molecule has 1 atom stereocenters. The number of nitrogens with zero attached hydrogens (tertiary/aromatic N) is 2. The number of hydrogen-bond donors (Lipinski definition) is 1. The highest BCUT2D eigenvalue weighted by molar-refractivity contribution is 7.92. The van der Waals surface area contributed by atoms with E-state index in [2.05, 4.69) is 5.32 Å². The van der Waals surface area contributed by atoms with Gasteiger partial charge in [-0.1, -0.05) is 68.1 Å². The van der Waals surface area contributed by atoms with Crippen molar-refractivity contribution in [2.75, 3.05) is 17.1 Å². The molecule has 1 fully saturated rings. The molecule has 0 radical (unpaired) electrons. The summed E-state index contributed by atoms with van der Waals surface area (Å²) in [5.74, 6) is -0.730. The fourth-order valence-electron chi connectivity index (χ4n) is 4.47. The first kappa shape index (κ1) is 28.0. The van der Waals surface area contributed by atoms with Crippen LogP contribution in [0.1, 0.15) is 57.1 Å². The van der Waals surface area contributed by atoms with E-state index in [1.165, 1.54) is 11.3 Å². The van der Waals surface area contributed by atoms with Crippen LogP contribution in [0, 0.1) is 0 Å². The number of halogens is 1. The van der Waals surface area contributed by atoms with Gasteiger partial charge in [-0.05, 0) is 55.5 Å². The molecule has 2 amide bonds. The number of anilines is 1. The van der Waals surface area contributed by atoms with Crippen LogP contribution in [0.4, 0.5) is 5.69 Å². The Hall–Kier alpha value is -2.58. The van der Waals surface area contributed by atoms with E-state index in [1.54, 1.807) is 37.3 Å². The predicted octanol–water partition coefficient (Wildman–Crippen LogP) is 4.53. The zero-order valence-electron chi connectivity index (χ0n) is 21.2. The number of amides is 2. The lowest BCUT2D eigenvalue weighted by Crippen LogP contribution is -2.53. The Balaban J connectivity index is 1.87. The first-order valence-electron chi connectivity index (χ1n) is 12.5. The normalized spacial score (nSPS) is 15.2. The van der Waals surface area contributed by atoms with Crippen molar-refractivity contribution in [3.8, 4) is 0 Å². The van der Waals surface area contributed by atoms with Crippen molar-refractivity contribution < 1.29 is 18.0 Å². The second kappa shape index (κ2) is 12.6. The minimum Gasteiger partial charge on any atom is -0.352 e. The van der Waals surface area contributed by atoms with Crippen molar-refractivity contribution in [3.05, 3.63) is 64.7 Å². The lowest BCUT2D eigenvalue weighted by Gasteiger charge is -2.33. The van der Waals surface area contributed by atoms with Gasteiger partial charge < -0.3 is 10.2 Å². The van der Waals surface area contributed by atoms with Crippen LogP contribution in [-0.4, -0.2) is 50.0 Å². The molecule has 1 aliphatic rings. The van der Waals surface area contributed by atoms with Crippen molar-refractivity contribution in [2.45, 2.75) is 71.0 Å². The highest BCUT2D eigenvalue weighted by Crippen LogP contribution is 2.23. The summed E-state index contributed by atoms with van der Waals surface area (Å²) in [6, 6.07) is 13.5. The van der Waals surface area contributed by atoms with E-state index in [4.69, 9.17) is 11.6 Å². The molecule has 9 heteroatoms. The smallest absolute Gasteiger partial charge is 0.244 e. The molecule has 7 nitrogen and oxygen atoms in total. The van der Waals surface area contributed by atoms with Gasteiger partial charge in [-0.25, -0.2) is 8.42 Å². The third-order valence-corrected chi connectivity index (χ3v) is 8.24. The van der Waals surface area contributed by atoms with Gasteiger partial charge in [-0.3, -0.25) is 13.9 Å². The summed E-state index contributed by atoms with van der Waals surface area (Å²) in [6.07, 6.45) is 7.05. The standard InChI is InChI=1S/C27H36ClN3O4S/c1-4-21-14-16-24(17-15-21)31(36(3,34)35)19-26(32)30(18-22-10-8-9-13-25(22)28)20(2)27(33)29-23-11-6-5-7-12-23/h8-10,13-17,20,23H,4-7,11-12,18-19H2,1-3H3,(H,29,33). The van der Waals surface area contributed by atoms with Crippen LogP contribution in [0.15, 0.2) is 48.5 Å². The monoisotopic (exact) mass is 533 g/mol. The van der Waals surface area contributed by atoms with E-state index >= 15 is 0 Å². The molecule has 0 bridgehead atoms. The molecule has 0 aromatic heterocycles. The molecule has 0 saturated heterocycles. The number of benzene rings is 2. The molecule has 2 aromatic carbocycles. The van der Waals surface area contributed by atoms with Crippen molar-refractivity contribution in [1.82, 2.24) is 10.2 Å². The maximum atomic E-state index is 13.6. The average molecular weight is 534 g/mol. The van der Waals surface area contributed by atoms with Crippen LogP contribution in [-0.2, 0) is 32.6 Å². The lowest BCUT2D eigenvalue weighted by atomic mass is 9.95. The molecule has 196 valence electrons. The van der Waals surface area contributed by atoms with Gasteiger partial charge in [0.05, 0.1) is 11.9 Å². The van der Waals surface area contributed by atoms with Crippen molar-refractivity contribution in [2.24, 2.45) is 0 Å². The molecule has 1 saturated carbocycles. The van der Waals surface area contributed by atoms with Gasteiger partial charge in [0.15, 0.2) is 0 Å². The van der Waals surface area contributed by atoms with E-state index in [9.17, 15) is 18.0 Å². The fourth-order valence-corrected chi connectivity index (χ4v) is 5.52. The average Bonchev–Trinajstić information content (AvgIpc) is 2.86. The van der Waals surface area contributed by atoms with Gasteiger partial charge in [-0.15, -0.1) is 0 Å². The number of aryl methyl sites for hydroxylation is 1. The lowest BCUT2D eigenvalue weighted by molar-refractivity contribution is -0.139. The molecule has 1 N–H and O–H groups in total. The molecule has 1 aliphatic carbocycles. The molecule has 2 aromatic rings. The van der Waals surface area contributed by atoms with Crippen LogP contribution >= 0.6 is 11.6 Å². The summed E-state index contributed by atoms with van der Waals surface area (Å²) in [7, 11) is -3.76. The van der Waals surface area contributed by atoms with Crippen molar-refractivity contribution in [3.63, 3.8) is 0 Å². The maximum absolute atomic E-state index is 13.6. The summed E-state index contributed by atoms with van der Waals surface area (Å²) in [4.78, 5) is 28.2. The molecule has 0 heterocycles. The van der Waals surface area contributed by atoms with E-state index in [0.717, 1.165) is 48.2 Å².